The van der Waals surface area contributed by atoms with Gasteiger partial charge in [-0.05, 0) is 25.2 Å². The highest BCUT2D eigenvalue weighted by Crippen LogP contribution is 2.25. The summed E-state index contributed by atoms with van der Waals surface area (Å²) in [5, 5.41) is 8.79. The lowest BCUT2D eigenvalue weighted by Gasteiger charge is -2.08. The maximum atomic E-state index is 11.6. The van der Waals surface area contributed by atoms with Gasteiger partial charge in [0.15, 0.2) is 0 Å². The van der Waals surface area contributed by atoms with Gasteiger partial charge in [0.2, 0.25) is 11.8 Å². The molecule has 2 amide bonds. The molecule has 3 N–H and O–H groups in total. The Morgan fingerprint density at radius 3 is 2.55 bits per heavy atom. The van der Waals surface area contributed by atoms with Gasteiger partial charge in [0.05, 0.1) is 17.3 Å². The molecular formula is C12H16Cl3N3O2. The van der Waals surface area contributed by atoms with Gasteiger partial charge >= 0.3 is 0 Å². The van der Waals surface area contributed by atoms with E-state index in [0.717, 1.165) is 0 Å². The second kappa shape index (κ2) is 9.83. The Balaban J connectivity index is 0.00000361. The van der Waals surface area contributed by atoms with Crippen LogP contribution >= 0.6 is 35.6 Å². The molecule has 20 heavy (non-hydrogen) atoms. The third kappa shape index (κ3) is 6.96. The van der Waals surface area contributed by atoms with Crippen LogP contribution in [0.25, 0.3) is 0 Å². The molecule has 0 aliphatic heterocycles. The SMILES string of the molecule is CNCCC(=O)NCC(=O)Nc1cc(Cl)ccc1Cl.Cl. The molecule has 1 aromatic rings. The first-order valence-electron chi connectivity index (χ1n) is 5.69. The van der Waals surface area contributed by atoms with Gasteiger partial charge in [0, 0.05) is 18.0 Å². The summed E-state index contributed by atoms with van der Waals surface area (Å²) in [5.41, 5.74) is 0.420. The van der Waals surface area contributed by atoms with E-state index in [2.05, 4.69) is 16.0 Å². The van der Waals surface area contributed by atoms with Gasteiger partial charge in [-0.15, -0.1) is 12.4 Å². The summed E-state index contributed by atoms with van der Waals surface area (Å²) in [4.78, 5) is 22.9. The molecule has 0 saturated heterocycles. The van der Waals surface area contributed by atoms with Crippen molar-refractivity contribution in [3.05, 3.63) is 28.2 Å². The van der Waals surface area contributed by atoms with Gasteiger partial charge in [0.1, 0.15) is 0 Å². The summed E-state index contributed by atoms with van der Waals surface area (Å²) in [6, 6.07) is 4.76. The maximum Gasteiger partial charge on any atom is 0.243 e. The molecular weight excluding hydrogens is 325 g/mol. The van der Waals surface area contributed by atoms with Crippen LogP contribution in [0.1, 0.15) is 6.42 Å². The van der Waals surface area contributed by atoms with Gasteiger partial charge < -0.3 is 16.0 Å². The Morgan fingerprint density at radius 1 is 1.20 bits per heavy atom. The number of hydrogen-bond donors (Lipinski definition) is 3. The number of halogens is 3. The zero-order valence-corrected chi connectivity index (χ0v) is 13.2. The maximum absolute atomic E-state index is 11.6. The Morgan fingerprint density at radius 2 is 1.90 bits per heavy atom. The zero-order chi connectivity index (χ0) is 14.3. The van der Waals surface area contributed by atoms with E-state index in [0.29, 0.717) is 28.7 Å². The molecule has 0 aromatic heterocycles. The molecule has 0 fully saturated rings. The summed E-state index contributed by atoms with van der Waals surface area (Å²) in [5.74, 6) is -0.552. The van der Waals surface area contributed by atoms with Gasteiger partial charge in [-0.1, -0.05) is 23.2 Å². The van der Waals surface area contributed by atoms with E-state index >= 15 is 0 Å². The molecule has 1 aromatic carbocycles. The van der Waals surface area contributed by atoms with Crippen LogP contribution in [0.15, 0.2) is 18.2 Å². The van der Waals surface area contributed by atoms with Crippen LogP contribution in [-0.4, -0.2) is 32.0 Å². The predicted molar refractivity (Wildman–Crippen MR) is 83.9 cm³/mol. The highest BCUT2D eigenvalue weighted by molar-refractivity contribution is 6.35. The average Bonchev–Trinajstić information content (AvgIpc) is 2.38. The molecule has 0 spiro atoms. The first-order chi connectivity index (χ1) is 9.02. The van der Waals surface area contributed by atoms with E-state index in [-0.39, 0.29) is 30.8 Å². The van der Waals surface area contributed by atoms with Gasteiger partial charge in [-0.3, -0.25) is 9.59 Å². The van der Waals surface area contributed by atoms with Crippen molar-refractivity contribution in [2.45, 2.75) is 6.42 Å². The standard InChI is InChI=1S/C12H15Cl2N3O2.ClH/c1-15-5-4-11(18)16-7-12(19)17-10-6-8(13)2-3-9(10)14;/h2-3,6,15H,4-5,7H2,1H3,(H,16,18)(H,17,19);1H. The average molecular weight is 341 g/mol. The fraction of sp³-hybridized carbons (Fsp3) is 0.333. The van der Waals surface area contributed by atoms with Crippen LogP contribution in [0.2, 0.25) is 10.0 Å². The number of amides is 2. The normalized spacial score (nSPS) is 9.55. The van der Waals surface area contributed by atoms with Crippen molar-refractivity contribution in [1.29, 1.82) is 0 Å². The van der Waals surface area contributed by atoms with E-state index in [4.69, 9.17) is 23.2 Å². The fourth-order valence-corrected chi connectivity index (χ4v) is 1.63. The fourth-order valence-electron chi connectivity index (χ4n) is 1.29. The number of carbonyl (C=O) groups excluding carboxylic acids is 2. The number of rotatable bonds is 6. The van der Waals surface area contributed by atoms with Gasteiger partial charge in [-0.2, -0.15) is 0 Å². The first-order valence-corrected chi connectivity index (χ1v) is 6.44. The van der Waals surface area contributed by atoms with Crippen LogP contribution in [0.4, 0.5) is 5.69 Å². The molecule has 0 aliphatic rings. The summed E-state index contributed by atoms with van der Waals surface area (Å²) in [7, 11) is 1.75. The number of benzene rings is 1. The van der Waals surface area contributed by atoms with Crippen LogP contribution in [0.3, 0.4) is 0 Å². The highest BCUT2D eigenvalue weighted by Gasteiger charge is 2.08. The topological polar surface area (TPSA) is 70.2 Å². The lowest BCUT2D eigenvalue weighted by atomic mass is 10.3. The third-order valence-electron chi connectivity index (χ3n) is 2.25. The molecule has 1 rings (SSSR count). The molecule has 112 valence electrons. The molecule has 0 aliphatic carbocycles. The molecule has 5 nitrogen and oxygen atoms in total. The second-order valence-electron chi connectivity index (χ2n) is 3.80. The smallest absolute Gasteiger partial charge is 0.243 e. The highest BCUT2D eigenvalue weighted by atomic mass is 35.5. The predicted octanol–water partition coefficient (Wildman–Crippen LogP) is 2.08. The number of nitrogens with one attached hydrogen (secondary N) is 3. The Labute approximate surface area is 133 Å². The van der Waals surface area contributed by atoms with E-state index < -0.39 is 0 Å². The Hall–Kier alpha value is -1.01. The van der Waals surface area contributed by atoms with E-state index in [1.54, 1.807) is 25.2 Å². The summed E-state index contributed by atoms with van der Waals surface area (Å²) in [6.07, 6.45) is 0.321. The molecule has 0 heterocycles. The van der Waals surface area contributed by atoms with Crippen LogP contribution in [0, 0.1) is 0 Å². The van der Waals surface area contributed by atoms with Crippen molar-refractivity contribution in [2.24, 2.45) is 0 Å². The Kier molecular flexibility index (Phi) is 9.33. The number of hydrogen-bond acceptors (Lipinski definition) is 3. The minimum Gasteiger partial charge on any atom is -0.347 e. The van der Waals surface area contributed by atoms with E-state index in [1.807, 2.05) is 0 Å². The van der Waals surface area contributed by atoms with E-state index in [1.165, 1.54) is 0 Å². The molecule has 0 radical (unpaired) electrons. The number of anilines is 1. The van der Waals surface area contributed by atoms with Crippen molar-refractivity contribution >= 4 is 53.1 Å². The second-order valence-corrected chi connectivity index (χ2v) is 4.65. The lowest BCUT2D eigenvalue weighted by Crippen LogP contribution is -2.34. The quantitative estimate of drug-likeness (QED) is 0.742. The molecule has 0 bridgehead atoms. The summed E-state index contributed by atoms with van der Waals surface area (Å²) in [6.45, 7) is 0.457. The van der Waals surface area contributed by atoms with Crippen molar-refractivity contribution in [3.8, 4) is 0 Å². The minimum absolute atomic E-state index is 0. The lowest BCUT2D eigenvalue weighted by molar-refractivity contribution is -0.124. The summed E-state index contributed by atoms with van der Waals surface area (Å²) < 4.78 is 0. The van der Waals surface area contributed by atoms with E-state index in [9.17, 15) is 9.59 Å². The van der Waals surface area contributed by atoms with Gasteiger partial charge in [0.25, 0.3) is 0 Å². The van der Waals surface area contributed by atoms with Crippen molar-refractivity contribution in [1.82, 2.24) is 10.6 Å². The summed E-state index contributed by atoms with van der Waals surface area (Å²) >= 11 is 11.7. The molecule has 0 saturated carbocycles. The van der Waals surface area contributed by atoms with Crippen molar-refractivity contribution in [3.63, 3.8) is 0 Å². The minimum atomic E-state index is -0.359. The third-order valence-corrected chi connectivity index (χ3v) is 2.82. The first kappa shape index (κ1) is 19.0. The molecule has 8 heteroatoms. The monoisotopic (exact) mass is 339 g/mol. The van der Waals surface area contributed by atoms with Crippen LogP contribution < -0.4 is 16.0 Å². The molecule has 0 atom stereocenters. The van der Waals surface area contributed by atoms with Crippen LogP contribution in [-0.2, 0) is 9.59 Å². The Bertz CT molecular complexity index is 469. The largest absolute Gasteiger partial charge is 0.347 e. The number of carbonyl (C=O) groups is 2. The van der Waals surface area contributed by atoms with Crippen LogP contribution in [0.5, 0.6) is 0 Å². The molecule has 0 unspecified atom stereocenters. The zero-order valence-electron chi connectivity index (χ0n) is 10.8. The van der Waals surface area contributed by atoms with Crippen molar-refractivity contribution < 1.29 is 9.59 Å². The van der Waals surface area contributed by atoms with Crippen molar-refractivity contribution in [2.75, 3.05) is 25.5 Å². The van der Waals surface area contributed by atoms with Gasteiger partial charge in [-0.25, -0.2) is 0 Å².